The first-order chi connectivity index (χ1) is 2.64. The molecule has 0 bridgehead atoms. The van der Waals surface area contributed by atoms with Gasteiger partial charge in [-0.05, 0) is 5.25 Å². The van der Waals surface area contributed by atoms with E-state index in [1.165, 1.54) is 0 Å². The van der Waals surface area contributed by atoms with E-state index in [1.807, 2.05) is 13.8 Å². The van der Waals surface area contributed by atoms with Crippen LogP contribution in [-0.4, -0.2) is 10.5 Å². The van der Waals surface area contributed by atoms with Gasteiger partial charge in [-0.2, -0.15) is 17.9 Å². The molecule has 0 heterocycles. The van der Waals surface area contributed by atoms with E-state index in [4.69, 9.17) is 12.6 Å². The molecule has 0 radical (unpaired) electrons. The van der Waals surface area contributed by atoms with Crippen molar-refractivity contribution in [1.29, 1.82) is 0 Å². The van der Waals surface area contributed by atoms with Gasteiger partial charge in [0.25, 0.3) is 0 Å². The van der Waals surface area contributed by atoms with Gasteiger partial charge in [-0.15, -0.1) is 0 Å². The Balaban J connectivity index is 0. The Morgan fingerprint density at radius 2 is 1.57 bits per heavy atom. The van der Waals surface area contributed by atoms with E-state index < -0.39 is 0 Å². The smallest absolute Gasteiger partial charge is 0.788 e. The standard InChI is InChI=1S/C4H10S2.Na/c1-3(5)4(2)6;/h3-6H,1-2H3;/q;+1/p-1. The third-order valence-corrected chi connectivity index (χ3v) is 1.74. The number of thiol groups is 1. The van der Waals surface area contributed by atoms with Gasteiger partial charge in [-0.3, -0.25) is 0 Å². The third kappa shape index (κ3) is 7.70. The predicted molar refractivity (Wildman–Crippen MR) is 35.3 cm³/mol. The van der Waals surface area contributed by atoms with Crippen LogP contribution >= 0.6 is 12.6 Å². The topological polar surface area (TPSA) is 0 Å². The van der Waals surface area contributed by atoms with Crippen molar-refractivity contribution in [1.82, 2.24) is 0 Å². The predicted octanol–water partition coefficient (Wildman–Crippen LogP) is -1.76. The number of hydrogen-bond donors (Lipinski definition) is 1. The van der Waals surface area contributed by atoms with Crippen molar-refractivity contribution in [2.75, 3.05) is 0 Å². The Labute approximate surface area is 78.6 Å². The quantitative estimate of drug-likeness (QED) is 0.258. The van der Waals surface area contributed by atoms with Crippen molar-refractivity contribution in [3.05, 3.63) is 0 Å². The molecule has 7 heavy (non-hydrogen) atoms. The molecular weight excluding hydrogens is 135 g/mol. The summed E-state index contributed by atoms with van der Waals surface area (Å²) in [5.74, 6) is 0. The van der Waals surface area contributed by atoms with Crippen LogP contribution in [0, 0.1) is 0 Å². The second-order valence-corrected chi connectivity index (χ2v) is 3.00. The number of hydrogen-bond acceptors (Lipinski definition) is 2. The third-order valence-electron chi connectivity index (χ3n) is 0.679. The summed E-state index contributed by atoms with van der Waals surface area (Å²) >= 11 is 8.92. The Bertz CT molecular complexity index is 30.7. The van der Waals surface area contributed by atoms with Crippen molar-refractivity contribution in [2.24, 2.45) is 0 Å². The average Bonchev–Trinajstić information content (AvgIpc) is 1.36. The van der Waals surface area contributed by atoms with Gasteiger partial charge in [-0.1, -0.05) is 13.8 Å². The summed E-state index contributed by atoms with van der Waals surface area (Å²) in [6.45, 7) is 3.98. The van der Waals surface area contributed by atoms with E-state index in [9.17, 15) is 0 Å². The minimum atomic E-state index is 0. The maximum atomic E-state index is 4.83. The minimum absolute atomic E-state index is 0. The van der Waals surface area contributed by atoms with Crippen LogP contribution < -0.4 is 29.6 Å². The molecule has 0 nitrogen and oxygen atoms in total. The molecule has 38 valence electrons. The van der Waals surface area contributed by atoms with Crippen LogP contribution in [0.2, 0.25) is 0 Å². The van der Waals surface area contributed by atoms with E-state index in [0.717, 1.165) is 0 Å². The molecule has 0 aliphatic heterocycles. The van der Waals surface area contributed by atoms with Crippen LogP contribution in [0.25, 0.3) is 0 Å². The van der Waals surface area contributed by atoms with Gasteiger partial charge in [0.05, 0.1) is 0 Å². The molecule has 0 amide bonds. The molecule has 0 aromatic heterocycles. The van der Waals surface area contributed by atoms with Gasteiger partial charge >= 0.3 is 29.6 Å². The fourth-order valence-electron chi connectivity index (χ4n) is 0. The first-order valence-electron chi connectivity index (χ1n) is 1.98. The van der Waals surface area contributed by atoms with Crippen molar-refractivity contribution < 1.29 is 29.6 Å². The van der Waals surface area contributed by atoms with E-state index in [-0.39, 0.29) is 29.6 Å². The van der Waals surface area contributed by atoms with Gasteiger partial charge in [-0.25, -0.2) is 0 Å². The normalized spacial score (nSPS) is 17.1. The Morgan fingerprint density at radius 3 is 1.57 bits per heavy atom. The van der Waals surface area contributed by atoms with Crippen LogP contribution in [-0.2, 0) is 12.6 Å². The minimum Gasteiger partial charge on any atom is -0.788 e. The first-order valence-corrected chi connectivity index (χ1v) is 2.97. The molecule has 0 rings (SSSR count). The molecule has 0 aromatic carbocycles. The number of rotatable bonds is 1. The molecule has 0 N–H and O–H groups in total. The van der Waals surface area contributed by atoms with Crippen molar-refractivity contribution in [2.45, 2.75) is 24.3 Å². The van der Waals surface area contributed by atoms with Crippen LogP contribution in [0.5, 0.6) is 0 Å². The fourth-order valence-corrected chi connectivity index (χ4v) is 0. The van der Waals surface area contributed by atoms with Crippen LogP contribution in [0.3, 0.4) is 0 Å². The van der Waals surface area contributed by atoms with Crippen molar-refractivity contribution in [3.8, 4) is 0 Å². The molecule has 2 atom stereocenters. The summed E-state index contributed by atoms with van der Waals surface area (Å²) in [6, 6.07) is 0. The monoisotopic (exact) mass is 144 g/mol. The van der Waals surface area contributed by atoms with Crippen LogP contribution in [0.1, 0.15) is 13.8 Å². The molecule has 0 aliphatic rings. The molecule has 0 spiro atoms. The van der Waals surface area contributed by atoms with E-state index in [1.54, 1.807) is 0 Å². The zero-order chi connectivity index (χ0) is 5.15. The van der Waals surface area contributed by atoms with Crippen molar-refractivity contribution in [3.63, 3.8) is 0 Å². The second-order valence-electron chi connectivity index (χ2n) is 1.45. The van der Waals surface area contributed by atoms with E-state index in [2.05, 4.69) is 12.6 Å². The van der Waals surface area contributed by atoms with E-state index >= 15 is 0 Å². The molecule has 2 unspecified atom stereocenters. The molecule has 0 fully saturated rings. The molecule has 0 saturated carbocycles. The molecular formula is C4H9NaS2. The summed E-state index contributed by atoms with van der Waals surface area (Å²) in [4.78, 5) is 0. The Morgan fingerprint density at radius 1 is 1.43 bits per heavy atom. The molecule has 0 aliphatic carbocycles. The molecule has 3 heteroatoms. The summed E-state index contributed by atoms with van der Waals surface area (Å²) in [5.41, 5.74) is 0. The summed E-state index contributed by atoms with van der Waals surface area (Å²) < 4.78 is 0. The summed E-state index contributed by atoms with van der Waals surface area (Å²) in [6.07, 6.45) is 0. The van der Waals surface area contributed by atoms with Gasteiger partial charge in [0.1, 0.15) is 0 Å². The van der Waals surface area contributed by atoms with Crippen LogP contribution in [0.4, 0.5) is 0 Å². The van der Waals surface area contributed by atoms with Gasteiger partial charge in [0.2, 0.25) is 0 Å². The largest absolute Gasteiger partial charge is 1.00 e. The fraction of sp³-hybridized carbons (Fsp3) is 1.00. The van der Waals surface area contributed by atoms with E-state index in [0.29, 0.717) is 10.5 Å². The molecule has 0 saturated heterocycles. The zero-order valence-corrected chi connectivity index (χ0v) is 8.72. The summed E-state index contributed by atoms with van der Waals surface area (Å²) in [5, 5.41) is 0.660. The average molecular weight is 144 g/mol. The van der Waals surface area contributed by atoms with Crippen LogP contribution in [0.15, 0.2) is 0 Å². The molecule has 0 aromatic rings. The second kappa shape index (κ2) is 5.83. The zero-order valence-electron chi connectivity index (χ0n) is 5.01. The Kier molecular flexibility index (Phi) is 9.57. The van der Waals surface area contributed by atoms with Gasteiger partial charge in [0.15, 0.2) is 0 Å². The maximum Gasteiger partial charge on any atom is 1.00 e. The summed E-state index contributed by atoms with van der Waals surface area (Å²) in [7, 11) is 0. The first kappa shape index (κ1) is 11.5. The van der Waals surface area contributed by atoms with Gasteiger partial charge < -0.3 is 12.6 Å². The Hall–Kier alpha value is 1.70. The maximum absolute atomic E-state index is 4.83. The van der Waals surface area contributed by atoms with Crippen molar-refractivity contribution >= 4 is 25.3 Å². The van der Waals surface area contributed by atoms with Gasteiger partial charge in [0, 0.05) is 0 Å². The SMILES string of the molecule is CC([S-])C(C)S.[Na+].